The van der Waals surface area contributed by atoms with Gasteiger partial charge in [-0.05, 0) is 25.0 Å². The number of nitrogens with zero attached hydrogens (tertiary/aromatic N) is 2. The average Bonchev–Trinajstić information content (AvgIpc) is 2.90. The molecule has 1 unspecified atom stereocenters. The van der Waals surface area contributed by atoms with Crippen LogP contribution < -0.4 is 4.74 Å². The summed E-state index contributed by atoms with van der Waals surface area (Å²) >= 11 is 0. The molecule has 18 heavy (non-hydrogen) atoms. The third-order valence-corrected chi connectivity index (χ3v) is 5.54. The molecule has 1 saturated heterocycles. The molecule has 0 spiro atoms. The quantitative estimate of drug-likeness (QED) is 0.828. The normalized spacial score (nSPS) is 22.4. The van der Waals surface area contributed by atoms with Gasteiger partial charge in [-0.25, -0.2) is 13.4 Å². The molecule has 1 atom stereocenters. The van der Waals surface area contributed by atoms with Crippen LogP contribution in [0, 0.1) is 0 Å². The van der Waals surface area contributed by atoms with Gasteiger partial charge in [-0.1, -0.05) is 0 Å². The number of imidazole rings is 1. The zero-order valence-electron chi connectivity index (χ0n) is 10.0. The molecule has 3 heterocycles. The van der Waals surface area contributed by atoms with E-state index in [1.807, 2.05) is 16.5 Å². The van der Waals surface area contributed by atoms with E-state index in [1.54, 1.807) is 19.5 Å². The van der Waals surface area contributed by atoms with Gasteiger partial charge in [-0.3, -0.25) is 0 Å². The first-order valence-corrected chi connectivity index (χ1v) is 7.56. The standard InChI is InChI=1S/C12H14N2O3S/c1-17-9-4-5-12-13-10(8-14(12)7-9)11-3-2-6-18(11,15)16/h4-5,7-8,11H,2-3,6H2,1H3. The van der Waals surface area contributed by atoms with Crippen LogP contribution in [0.4, 0.5) is 0 Å². The van der Waals surface area contributed by atoms with Crippen molar-refractivity contribution in [2.75, 3.05) is 12.9 Å². The van der Waals surface area contributed by atoms with Crippen LogP contribution in [0.2, 0.25) is 0 Å². The lowest BCUT2D eigenvalue weighted by Gasteiger charge is -2.03. The van der Waals surface area contributed by atoms with E-state index in [-0.39, 0.29) is 5.75 Å². The number of hydrogen-bond acceptors (Lipinski definition) is 4. The maximum Gasteiger partial charge on any atom is 0.158 e. The summed E-state index contributed by atoms with van der Waals surface area (Å²) in [4.78, 5) is 4.39. The first-order valence-electron chi connectivity index (χ1n) is 5.84. The smallest absolute Gasteiger partial charge is 0.158 e. The van der Waals surface area contributed by atoms with Crippen LogP contribution in [0.3, 0.4) is 0 Å². The monoisotopic (exact) mass is 266 g/mol. The summed E-state index contributed by atoms with van der Waals surface area (Å²) in [6.45, 7) is 0. The predicted molar refractivity (Wildman–Crippen MR) is 67.5 cm³/mol. The molecule has 1 fully saturated rings. The lowest BCUT2D eigenvalue weighted by Crippen LogP contribution is -2.08. The SMILES string of the molecule is COc1ccc2nc(C3CCCS3(=O)=O)cn2c1. The van der Waals surface area contributed by atoms with Crippen molar-refractivity contribution >= 4 is 15.5 Å². The number of ether oxygens (including phenoxy) is 1. The number of fused-ring (bicyclic) bond motifs is 1. The van der Waals surface area contributed by atoms with E-state index in [1.165, 1.54) is 0 Å². The minimum atomic E-state index is -3.01. The summed E-state index contributed by atoms with van der Waals surface area (Å²) in [5.41, 5.74) is 1.38. The Hall–Kier alpha value is -1.56. The van der Waals surface area contributed by atoms with E-state index in [2.05, 4.69) is 4.98 Å². The summed E-state index contributed by atoms with van der Waals surface area (Å²) in [6, 6.07) is 3.64. The molecular formula is C12H14N2O3S. The Bertz CT molecular complexity index is 690. The largest absolute Gasteiger partial charge is 0.495 e. The van der Waals surface area contributed by atoms with Crippen LogP contribution in [0.15, 0.2) is 24.5 Å². The number of hydrogen-bond donors (Lipinski definition) is 0. The Morgan fingerprint density at radius 2 is 2.22 bits per heavy atom. The fourth-order valence-electron chi connectivity index (χ4n) is 2.39. The van der Waals surface area contributed by atoms with E-state index in [9.17, 15) is 8.42 Å². The molecule has 0 saturated carbocycles. The fourth-order valence-corrected chi connectivity index (χ4v) is 4.25. The van der Waals surface area contributed by atoms with Gasteiger partial charge in [0, 0.05) is 6.20 Å². The highest BCUT2D eigenvalue weighted by molar-refractivity contribution is 7.91. The summed E-state index contributed by atoms with van der Waals surface area (Å²) in [7, 11) is -1.41. The van der Waals surface area contributed by atoms with Crippen molar-refractivity contribution in [1.29, 1.82) is 0 Å². The second kappa shape index (κ2) is 3.98. The topological polar surface area (TPSA) is 60.7 Å². The molecule has 2 aromatic rings. The highest BCUT2D eigenvalue weighted by Gasteiger charge is 2.34. The molecule has 5 nitrogen and oxygen atoms in total. The molecule has 3 rings (SSSR count). The number of sulfone groups is 1. The van der Waals surface area contributed by atoms with Gasteiger partial charge in [0.15, 0.2) is 9.84 Å². The van der Waals surface area contributed by atoms with Gasteiger partial charge in [0.1, 0.15) is 16.6 Å². The van der Waals surface area contributed by atoms with Crippen molar-refractivity contribution in [1.82, 2.24) is 9.38 Å². The molecule has 0 aliphatic carbocycles. The van der Waals surface area contributed by atoms with Crippen LogP contribution in [0.25, 0.3) is 5.65 Å². The van der Waals surface area contributed by atoms with Crippen molar-refractivity contribution in [2.45, 2.75) is 18.1 Å². The van der Waals surface area contributed by atoms with E-state index in [0.717, 1.165) is 17.8 Å². The molecule has 96 valence electrons. The number of pyridine rings is 1. The third-order valence-electron chi connectivity index (χ3n) is 3.34. The molecule has 0 N–H and O–H groups in total. The average molecular weight is 266 g/mol. The second-order valence-electron chi connectivity index (χ2n) is 4.50. The Morgan fingerprint density at radius 3 is 2.89 bits per heavy atom. The van der Waals surface area contributed by atoms with E-state index < -0.39 is 15.1 Å². The predicted octanol–water partition coefficient (Wildman–Crippen LogP) is 1.59. The molecule has 1 aliphatic rings. The van der Waals surface area contributed by atoms with Crippen LogP contribution >= 0.6 is 0 Å². The number of rotatable bonds is 2. The molecule has 1 aliphatic heterocycles. The minimum Gasteiger partial charge on any atom is -0.495 e. The maximum absolute atomic E-state index is 11.9. The van der Waals surface area contributed by atoms with Crippen LogP contribution in [-0.4, -0.2) is 30.7 Å². The summed E-state index contributed by atoms with van der Waals surface area (Å²) in [5.74, 6) is 0.996. The van der Waals surface area contributed by atoms with Crippen molar-refractivity contribution in [3.05, 3.63) is 30.2 Å². The van der Waals surface area contributed by atoms with Gasteiger partial charge in [0.05, 0.1) is 24.8 Å². The van der Waals surface area contributed by atoms with Crippen molar-refractivity contribution in [3.63, 3.8) is 0 Å². The van der Waals surface area contributed by atoms with Gasteiger partial charge in [0.2, 0.25) is 0 Å². The van der Waals surface area contributed by atoms with Crippen LogP contribution in [0.1, 0.15) is 23.8 Å². The third kappa shape index (κ3) is 1.77. The van der Waals surface area contributed by atoms with Gasteiger partial charge in [-0.2, -0.15) is 0 Å². The van der Waals surface area contributed by atoms with E-state index in [4.69, 9.17) is 4.74 Å². The lowest BCUT2D eigenvalue weighted by atomic mass is 10.2. The van der Waals surface area contributed by atoms with E-state index >= 15 is 0 Å². The van der Waals surface area contributed by atoms with Crippen LogP contribution in [-0.2, 0) is 9.84 Å². The molecule has 0 aromatic carbocycles. The molecule has 0 bridgehead atoms. The Balaban J connectivity index is 2.08. The van der Waals surface area contributed by atoms with Gasteiger partial charge >= 0.3 is 0 Å². The number of methoxy groups -OCH3 is 1. The highest BCUT2D eigenvalue weighted by atomic mass is 32.2. The molecule has 0 radical (unpaired) electrons. The Kier molecular flexibility index (Phi) is 2.55. The van der Waals surface area contributed by atoms with Crippen molar-refractivity contribution in [2.24, 2.45) is 0 Å². The summed E-state index contributed by atoms with van der Waals surface area (Å²) in [5, 5.41) is -0.441. The molecule has 6 heteroatoms. The Labute approximate surface area is 105 Å². The van der Waals surface area contributed by atoms with Crippen LogP contribution in [0.5, 0.6) is 5.75 Å². The van der Waals surface area contributed by atoms with E-state index in [0.29, 0.717) is 12.1 Å². The van der Waals surface area contributed by atoms with Gasteiger partial charge in [0.25, 0.3) is 0 Å². The fraction of sp³-hybridized carbons (Fsp3) is 0.417. The zero-order valence-corrected chi connectivity index (χ0v) is 10.9. The molecule has 0 amide bonds. The van der Waals surface area contributed by atoms with Gasteiger partial charge in [-0.15, -0.1) is 0 Å². The minimum absolute atomic E-state index is 0.273. The summed E-state index contributed by atoms with van der Waals surface area (Å²) in [6.07, 6.45) is 4.98. The lowest BCUT2D eigenvalue weighted by molar-refractivity contribution is 0.412. The first kappa shape index (κ1) is 11.5. The van der Waals surface area contributed by atoms with Gasteiger partial charge < -0.3 is 9.14 Å². The zero-order chi connectivity index (χ0) is 12.8. The first-order chi connectivity index (χ1) is 8.60. The number of aromatic nitrogens is 2. The second-order valence-corrected chi connectivity index (χ2v) is 6.80. The Morgan fingerprint density at radius 1 is 1.39 bits per heavy atom. The molecule has 2 aromatic heterocycles. The highest BCUT2D eigenvalue weighted by Crippen LogP contribution is 2.34. The van der Waals surface area contributed by atoms with Crippen molar-refractivity contribution < 1.29 is 13.2 Å². The maximum atomic E-state index is 11.9. The summed E-state index contributed by atoms with van der Waals surface area (Å²) < 4.78 is 30.7. The molecular weight excluding hydrogens is 252 g/mol. The van der Waals surface area contributed by atoms with Crippen molar-refractivity contribution in [3.8, 4) is 5.75 Å².